The smallest absolute Gasteiger partial charge is 0.272 e. The fourth-order valence-electron chi connectivity index (χ4n) is 2.99. The average molecular weight is 369 g/mol. The molecule has 1 fully saturated rings. The molecule has 0 bridgehead atoms. The number of rotatable bonds is 4. The SMILES string of the molecule is COc1ccc(C)cc1Nc1cc(C(=O)N2CCN(C(C)=O)CC2)ncn1. The largest absolute Gasteiger partial charge is 0.495 e. The van der Waals surface area contributed by atoms with Crippen molar-refractivity contribution in [2.75, 3.05) is 38.6 Å². The van der Waals surface area contributed by atoms with E-state index in [0.717, 1.165) is 11.3 Å². The predicted octanol–water partition coefficient (Wildman–Crippen LogP) is 1.84. The molecule has 0 saturated carbocycles. The van der Waals surface area contributed by atoms with Crippen LogP contribution in [0.15, 0.2) is 30.6 Å². The van der Waals surface area contributed by atoms with E-state index >= 15 is 0 Å². The molecule has 2 heterocycles. The highest BCUT2D eigenvalue weighted by atomic mass is 16.5. The molecule has 3 rings (SSSR count). The van der Waals surface area contributed by atoms with Crippen LogP contribution in [0.4, 0.5) is 11.5 Å². The second-order valence-corrected chi connectivity index (χ2v) is 6.42. The summed E-state index contributed by atoms with van der Waals surface area (Å²) in [6.07, 6.45) is 1.36. The van der Waals surface area contributed by atoms with E-state index in [9.17, 15) is 9.59 Å². The fourth-order valence-corrected chi connectivity index (χ4v) is 2.99. The molecule has 1 N–H and O–H groups in total. The van der Waals surface area contributed by atoms with Gasteiger partial charge >= 0.3 is 0 Å². The molecule has 1 saturated heterocycles. The summed E-state index contributed by atoms with van der Waals surface area (Å²) in [6.45, 7) is 5.60. The summed E-state index contributed by atoms with van der Waals surface area (Å²) < 4.78 is 5.36. The first-order valence-electron chi connectivity index (χ1n) is 8.76. The molecule has 2 aromatic rings. The molecule has 0 unspecified atom stereocenters. The van der Waals surface area contributed by atoms with E-state index < -0.39 is 0 Å². The van der Waals surface area contributed by atoms with Crippen molar-refractivity contribution in [1.29, 1.82) is 0 Å². The first-order valence-corrected chi connectivity index (χ1v) is 8.76. The van der Waals surface area contributed by atoms with Crippen LogP contribution in [0.1, 0.15) is 23.0 Å². The zero-order chi connectivity index (χ0) is 19.4. The minimum absolute atomic E-state index is 0.0303. The minimum Gasteiger partial charge on any atom is -0.495 e. The quantitative estimate of drug-likeness (QED) is 0.885. The van der Waals surface area contributed by atoms with Gasteiger partial charge in [-0.1, -0.05) is 6.07 Å². The molecule has 1 aliphatic rings. The van der Waals surface area contributed by atoms with Crippen LogP contribution >= 0.6 is 0 Å². The number of carbonyl (C=O) groups excluding carboxylic acids is 2. The standard InChI is InChI=1S/C19H23N5O3/c1-13-4-5-17(27-3)15(10-13)22-18-11-16(20-12-21-18)19(26)24-8-6-23(7-9-24)14(2)25/h4-5,10-12H,6-9H2,1-3H3,(H,20,21,22). The van der Waals surface area contributed by atoms with E-state index in [1.165, 1.54) is 6.33 Å². The summed E-state index contributed by atoms with van der Waals surface area (Å²) in [5, 5.41) is 3.18. The second kappa shape index (κ2) is 8.03. The number of aryl methyl sites for hydroxylation is 1. The molecule has 1 aliphatic heterocycles. The molecule has 0 atom stereocenters. The molecule has 0 radical (unpaired) electrons. The molecule has 27 heavy (non-hydrogen) atoms. The second-order valence-electron chi connectivity index (χ2n) is 6.42. The first-order chi connectivity index (χ1) is 13.0. The third-order valence-corrected chi connectivity index (χ3v) is 4.52. The van der Waals surface area contributed by atoms with Crippen molar-refractivity contribution in [3.63, 3.8) is 0 Å². The number of benzene rings is 1. The lowest BCUT2D eigenvalue weighted by Crippen LogP contribution is -2.50. The van der Waals surface area contributed by atoms with Crippen LogP contribution in [0.25, 0.3) is 0 Å². The van der Waals surface area contributed by atoms with Crippen molar-refractivity contribution in [3.8, 4) is 5.75 Å². The molecule has 8 nitrogen and oxygen atoms in total. The number of carbonyl (C=O) groups is 2. The topological polar surface area (TPSA) is 87.7 Å². The van der Waals surface area contributed by atoms with E-state index in [0.29, 0.717) is 43.4 Å². The van der Waals surface area contributed by atoms with Crippen molar-refractivity contribution in [2.24, 2.45) is 0 Å². The summed E-state index contributed by atoms with van der Waals surface area (Å²) in [7, 11) is 1.60. The Morgan fingerprint density at radius 3 is 2.44 bits per heavy atom. The van der Waals surface area contributed by atoms with Gasteiger partial charge in [0, 0.05) is 39.2 Å². The Morgan fingerprint density at radius 1 is 1.07 bits per heavy atom. The fraction of sp³-hybridized carbons (Fsp3) is 0.368. The number of hydrogen-bond acceptors (Lipinski definition) is 6. The highest BCUT2D eigenvalue weighted by Gasteiger charge is 2.24. The van der Waals surface area contributed by atoms with Gasteiger partial charge in [0.05, 0.1) is 12.8 Å². The Morgan fingerprint density at radius 2 is 1.78 bits per heavy atom. The lowest BCUT2D eigenvalue weighted by molar-refractivity contribution is -0.130. The summed E-state index contributed by atoms with van der Waals surface area (Å²) in [6, 6.07) is 7.41. The van der Waals surface area contributed by atoms with Crippen molar-refractivity contribution in [1.82, 2.24) is 19.8 Å². The number of aromatic nitrogens is 2. The van der Waals surface area contributed by atoms with Crippen LogP contribution in [-0.2, 0) is 4.79 Å². The third-order valence-electron chi connectivity index (χ3n) is 4.52. The Hall–Kier alpha value is -3.16. The number of nitrogens with zero attached hydrogens (tertiary/aromatic N) is 4. The highest BCUT2D eigenvalue weighted by molar-refractivity contribution is 5.93. The number of anilines is 2. The number of piperazine rings is 1. The Kier molecular flexibility index (Phi) is 5.54. The molecule has 8 heteroatoms. The normalized spacial score (nSPS) is 14.0. The number of methoxy groups -OCH3 is 1. The van der Waals surface area contributed by atoms with Crippen LogP contribution in [0, 0.1) is 6.92 Å². The minimum atomic E-state index is -0.167. The van der Waals surface area contributed by atoms with Gasteiger partial charge in [0.2, 0.25) is 5.91 Å². The van der Waals surface area contributed by atoms with E-state index in [1.54, 1.807) is 29.9 Å². The lowest BCUT2D eigenvalue weighted by atomic mass is 10.2. The number of nitrogens with one attached hydrogen (secondary N) is 1. The van der Waals surface area contributed by atoms with Crippen molar-refractivity contribution in [3.05, 3.63) is 41.9 Å². The van der Waals surface area contributed by atoms with Gasteiger partial charge in [-0.05, 0) is 24.6 Å². The monoisotopic (exact) mass is 369 g/mol. The van der Waals surface area contributed by atoms with E-state index in [2.05, 4.69) is 15.3 Å². The number of ether oxygens (including phenoxy) is 1. The van der Waals surface area contributed by atoms with Crippen LogP contribution in [0.3, 0.4) is 0 Å². The molecule has 1 aromatic heterocycles. The Labute approximate surface area is 158 Å². The predicted molar refractivity (Wildman–Crippen MR) is 101 cm³/mol. The van der Waals surface area contributed by atoms with Crippen molar-refractivity contribution in [2.45, 2.75) is 13.8 Å². The van der Waals surface area contributed by atoms with Crippen molar-refractivity contribution < 1.29 is 14.3 Å². The van der Waals surface area contributed by atoms with Gasteiger partial charge in [-0.2, -0.15) is 0 Å². The third kappa shape index (κ3) is 4.33. The summed E-state index contributed by atoms with van der Waals surface area (Å²) in [5.41, 5.74) is 2.16. The Balaban J connectivity index is 1.73. The molecule has 0 spiro atoms. The van der Waals surface area contributed by atoms with Gasteiger partial charge in [0.25, 0.3) is 5.91 Å². The zero-order valence-corrected chi connectivity index (χ0v) is 15.7. The first kappa shape index (κ1) is 18.6. The molecule has 0 aliphatic carbocycles. The summed E-state index contributed by atoms with van der Waals surface area (Å²) in [5.74, 6) is 1.06. The molecule has 142 valence electrons. The molecule has 1 aromatic carbocycles. The maximum Gasteiger partial charge on any atom is 0.272 e. The number of amides is 2. The molecular weight excluding hydrogens is 346 g/mol. The van der Waals surface area contributed by atoms with Gasteiger partial charge in [-0.25, -0.2) is 9.97 Å². The van der Waals surface area contributed by atoms with Gasteiger partial charge in [0.15, 0.2) is 0 Å². The van der Waals surface area contributed by atoms with Crippen LogP contribution in [0.2, 0.25) is 0 Å². The van der Waals surface area contributed by atoms with Gasteiger partial charge in [-0.3, -0.25) is 9.59 Å². The zero-order valence-electron chi connectivity index (χ0n) is 15.7. The highest BCUT2D eigenvalue weighted by Crippen LogP contribution is 2.28. The summed E-state index contributed by atoms with van der Waals surface area (Å²) in [4.78, 5) is 35.9. The molecule has 2 amide bonds. The average Bonchev–Trinajstić information content (AvgIpc) is 2.68. The van der Waals surface area contributed by atoms with E-state index in [4.69, 9.17) is 4.74 Å². The Bertz CT molecular complexity index is 847. The van der Waals surface area contributed by atoms with Crippen molar-refractivity contribution >= 4 is 23.3 Å². The lowest BCUT2D eigenvalue weighted by Gasteiger charge is -2.34. The van der Waals surface area contributed by atoms with Crippen LogP contribution in [0.5, 0.6) is 5.75 Å². The van der Waals surface area contributed by atoms with E-state index in [1.807, 2.05) is 25.1 Å². The van der Waals surface area contributed by atoms with Crippen LogP contribution < -0.4 is 10.1 Å². The molecular formula is C19H23N5O3. The van der Waals surface area contributed by atoms with E-state index in [-0.39, 0.29) is 11.8 Å². The maximum atomic E-state index is 12.7. The van der Waals surface area contributed by atoms with Gasteiger partial charge < -0.3 is 19.9 Å². The maximum absolute atomic E-state index is 12.7. The van der Waals surface area contributed by atoms with Gasteiger partial charge in [0.1, 0.15) is 23.6 Å². The summed E-state index contributed by atoms with van der Waals surface area (Å²) >= 11 is 0. The van der Waals surface area contributed by atoms with Gasteiger partial charge in [-0.15, -0.1) is 0 Å². The number of hydrogen-bond donors (Lipinski definition) is 1. The van der Waals surface area contributed by atoms with Crippen LogP contribution in [-0.4, -0.2) is 64.9 Å².